The molecule has 0 unspecified atom stereocenters. The van der Waals surface area contributed by atoms with Gasteiger partial charge < -0.3 is 4.90 Å². The van der Waals surface area contributed by atoms with Crippen molar-refractivity contribution in [1.29, 1.82) is 0 Å². The largest absolute Gasteiger partial charge is 0.341 e. The molecule has 1 N–H and O–H groups in total. The number of amides is 1. The monoisotopic (exact) mass is 390 g/mol. The Morgan fingerprint density at radius 1 is 1.15 bits per heavy atom. The van der Waals surface area contributed by atoms with E-state index in [4.69, 9.17) is 0 Å². The van der Waals surface area contributed by atoms with E-state index in [1.165, 1.54) is 49.2 Å². The van der Waals surface area contributed by atoms with Gasteiger partial charge in [-0.15, -0.1) is 0 Å². The maximum absolute atomic E-state index is 13.8. The van der Waals surface area contributed by atoms with Gasteiger partial charge in [-0.3, -0.25) is 9.52 Å². The van der Waals surface area contributed by atoms with E-state index in [0.29, 0.717) is 18.0 Å². The summed E-state index contributed by atoms with van der Waals surface area (Å²) in [5.74, 6) is -0.372. The van der Waals surface area contributed by atoms with Crippen LogP contribution in [0.4, 0.5) is 10.1 Å². The third-order valence-corrected chi connectivity index (χ3v) is 6.23. The highest BCUT2D eigenvalue weighted by Gasteiger charge is 2.22. The summed E-state index contributed by atoms with van der Waals surface area (Å²) in [7, 11) is -2.27. The lowest BCUT2D eigenvalue weighted by atomic mass is 10.1. The molecule has 0 spiro atoms. The fourth-order valence-corrected chi connectivity index (χ4v) is 4.54. The van der Waals surface area contributed by atoms with Gasteiger partial charge in [0, 0.05) is 19.2 Å². The zero-order valence-corrected chi connectivity index (χ0v) is 16.0. The SMILES string of the molecule is CN(CC1CCCC1)C(=O)c1cccc(S(=O)(=O)Nc2ccccc2F)c1. The number of carbonyl (C=O) groups excluding carboxylic acids is 1. The summed E-state index contributed by atoms with van der Waals surface area (Å²) in [4.78, 5) is 14.2. The number of sulfonamides is 1. The quantitative estimate of drug-likeness (QED) is 0.814. The predicted octanol–water partition coefficient (Wildman–Crippen LogP) is 3.89. The molecule has 0 saturated heterocycles. The molecule has 3 rings (SSSR count). The van der Waals surface area contributed by atoms with Crippen molar-refractivity contribution in [2.45, 2.75) is 30.6 Å². The Morgan fingerprint density at radius 2 is 1.85 bits per heavy atom. The number of benzene rings is 2. The summed E-state index contributed by atoms with van der Waals surface area (Å²) in [6.07, 6.45) is 4.64. The molecule has 5 nitrogen and oxygen atoms in total. The van der Waals surface area contributed by atoms with Crippen LogP contribution < -0.4 is 4.72 Å². The van der Waals surface area contributed by atoms with Gasteiger partial charge in [-0.2, -0.15) is 0 Å². The molecule has 2 aromatic carbocycles. The summed E-state index contributed by atoms with van der Waals surface area (Å²) < 4.78 is 41.1. The molecule has 27 heavy (non-hydrogen) atoms. The van der Waals surface area contributed by atoms with E-state index < -0.39 is 15.8 Å². The van der Waals surface area contributed by atoms with Crippen LogP contribution >= 0.6 is 0 Å². The molecule has 1 saturated carbocycles. The second kappa shape index (κ2) is 8.08. The Labute approximate surface area is 159 Å². The number of hydrogen-bond donors (Lipinski definition) is 1. The Morgan fingerprint density at radius 3 is 2.56 bits per heavy atom. The topological polar surface area (TPSA) is 66.5 Å². The van der Waals surface area contributed by atoms with E-state index in [1.54, 1.807) is 24.1 Å². The van der Waals surface area contributed by atoms with Crippen molar-refractivity contribution in [3.05, 3.63) is 59.9 Å². The van der Waals surface area contributed by atoms with Gasteiger partial charge in [0.25, 0.3) is 15.9 Å². The van der Waals surface area contributed by atoms with Crippen molar-refractivity contribution in [2.24, 2.45) is 5.92 Å². The van der Waals surface area contributed by atoms with Gasteiger partial charge in [0.05, 0.1) is 10.6 Å². The predicted molar refractivity (Wildman–Crippen MR) is 103 cm³/mol. The van der Waals surface area contributed by atoms with Crippen molar-refractivity contribution in [1.82, 2.24) is 4.90 Å². The van der Waals surface area contributed by atoms with Crippen LogP contribution in [0.5, 0.6) is 0 Å². The molecule has 144 valence electrons. The number of anilines is 1. The Balaban J connectivity index is 1.77. The van der Waals surface area contributed by atoms with Gasteiger partial charge in [-0.25, -0.2) is 12.8 Å². The molecule has 0 radical (unpaired) electrons. The zero-order chi connectivity index (χ0) is 19.4. The minimum atomic E-state index is -4.00. The van der Waals surface area contributed by atoms with Crippen molar-refractivity contribution >= 4 is 21.6 Å². The fraction of sp³-hybridized carbons (Fsp3) is 0.350. The number of nitrogens with one attached hydrogen (secondary N) is 1. The highest BCUT2D eigenvalue weighted by molar-refractivity contribution is 7.92. The third-order valence-electron chi connectivity index (χ3n) is 4.86. The lowest BCUT2D eigenvalue weighted by Gasteiger charge is -2.21. The second-order valence-corrected chi connectivity index (χ2v) is 8.63. The summed E-state index contributed by atoms with van der Waals surface area (Å²) in [5, 5.41) is 0. The van der Waals surface area contributed by atoms with E-state index >= 15 is 0 Å². The Bertz CT molecular complexity index is 924. The van der Waals surface area contributed by atoms with Crippen molar-refractivity contribution < 1.29 is 17.6 Å². The molecule has 0 aliphatic heterocycles. The van der Waals surface area contributed by atoms with E-state index in [0.717, 1.165) is 12.8 Å². The molecule has 0 aromatic heterocycles. The number of nitrogens with zero attached hydrogens (tertiary/aromatic N) is 1. The summed E-state index contributed by atoms with van der Waals surface area (Å²) >= 11 is 0. The summed E-state index contributed by atoms with van der Waals surface area (Å²) in [6.45, 7) is 0.670. The number of rotatable bonds is 6. The molecule has 0 atom stereocenters. The van der Waals surface area contributed by atoms with Crippen LogP contribution in [0.3, 0.4) is 0 Å². The van der Waals surface area contributed by atoms with Crippen molar-refractivity contribution in [2.75, 3.05) is 18.3 Å². The first-order valence-electron chi connectivity index (χ1n) is 9.00. The minimum absolute atomic E-state index is 0.0779. The van der Waals surface area contributed by atoms with Crippen LogP contribution in [0, 0.1) is 11.7 Å². The standard InChI is InChI=1S/C20H23FN2O3S/c1-23(14-15-7-2-3-8-15)20(24)16-9-6-10-17(13-16)27(25,26)22-19-12-5-4-11-18(19)21/h4-6,9-13,15,22H,2-3,7-8,14H2,1H3. The van der Waals surface area contributed by atoms with Gasteiger partial charge in [0.2, 0.25) is 0 Å². The van der Waals surface area contributed by atoms with Gasteiger partial charge in [0.1, 0.15) is 5.82 Å². The van der Waals surface area contributed by atoms with Gasteiger partial charge in [-0.05, 0) is 49.1 Å². The number of halogens is 1. The molecule has 0 heterocycles. The Hall–Kier alpha value is -2.41. The molecule has 2 aromatic rings. The normalized spacial score (nSPS) is 14.9. The van der Waals surface area contributed by atoms with E-state index in [1.807, 2.05) is 0 Å². The highest BCUT2D eigenvalue weighted by atomic mass is 32.2. The molecule has 1 amide bonds. The first-order chi connectivity index (χ1) is 12.9. The molecule has 7 heteroatoms. The number of para-hydroxylation sites is 1. The first kappa shape index (κ1) is 19.4. The van der Waals surface area contributed by atoms with E-state index in [9.17, 15) is 17.6 Å². The van der Waals surface area contributed by atoms with Crippen LogP contribution in [0.25, 0.3) is 0 Å². The van der Waals surface area contributed by atoms with Crippen LogP contribution in [-0.2, 0) is 10.0 Å². The van der Waals surface area contributed by atoms with Crippen LogP contribution in [0.15, 0.2) is 53.4 Å². The van der Waals surface area contributed by atoms with E-state index in [-0.39, 0.29) is 16.5 Å². The number of carbonyl (C=O) groups is 1. The average Bonchev–Trinajstić information content (AvgIpc) is 3.16. The number of hydrogen-bond acceptors (Lipinski definition) is 3. The van der Waals surface area contributed by atoms with Gasteiger partial charge >= 0.3 is 0 Å². The molecule has 1 aliphatic carbocycles. The highest BCUT2D eigenvalue weighted by Crippen LogP contribution is 2.26. The van der Waals surface area contributed by atoms with Crippen molar-refractivity contribution in [3.63, 3.8) is 0 Å². The van der Waals surface area contributed by atoms with Crippen LogP contribution in [-0.4, -0.2) is 32.8 Å². The molecular weight excluding hydrogens is 367 g/mol. The minimum Gasteiger partial charge on any atom is -0.341 e. The zero-order valence-electron chi connectivity index (χ0n) is 15.2. The summed E-state index contributed by atoms with van der Waals surface area (Å²) in [6, 6.07) is 11.4. The Kier molecular flexibility index (Phi) is 5.79. The van der Waals surface area contributed by atoms with Crippen LogP contribution in [0.2, 0.25) is 0 Å². The second-order valence-electron chi connectivity index (χ2n) is 6.95. The maximum atomic E-state index is 13.8. The molecule has 1 aliphatic rings. The maximum Gasteiger partial charge on any atom is 0.262 e. The lowest BCUT2D eigenvalue weighted by molar-refractivity contribution is 0.0773. The molecule has 0 bridgehead atoms. The first-order valence-corrected chi connectivity index (χ1v) is 10.5. The lowest BCUT2D eigenvalue weighted by Crippen LogP contribution is -2.31. The van der Waals surface area contributed by atoms with E-state index in [2.05, 4.69) is 4.72 Å². The van der Waals surface area contributed by atoms with Gasteiger partial charge in [-0.1, -0.05) is 31.0 Å². The van der Waals surface area contributed by atoms with Crippen molar-refractivity contribution in [3.8, 4) is 0 Å². The smallest absolute Gasteiger partial charge is 0.262 e. The molecule has 1 fully saturated rings. The molecular formula is C20H23FN2O3S. The average molecular weight is 390 g/mol. The van der Waals surface area contributed by atoms with Crippen LogP contribution in [0.1, 0.15) is 36.0 Å². The third kappa shape index (κ3) is 4.66. The fourth-order valence-electron chi connectivity index (χ4n) is 3.43. The summed E-state index contributed by atoms with van der Waals surface area (Å²) in [5.41, 5.74) is 0.166. The van der Waals surface area contributed by atoms with Gasteiger partial charge in [0.15, 0.2) is 0 Å².